The number of rotatable bonds is 5. The van der Waals surface area contributed by atoms with Crippen LogP contribution in [0.25, 0.3) is 0 Å². The molecule has 2 atom stereocenters. The van der Waals surface area contributed by atoms with Crippen LogP contribution in [0.3, 0.4) is 0 Å². The van der Waals surface area contributed by atoms with Gasteiger partial charge < -0.3 is 4.74 Å². The van der Waals surface area contributed by atoms with Crippen LogP contribution in [0.4, 0.5) is 0 Å². The number of hydrazine groups is 1. The molecule has 0 bridgehead atoms. The minimum atomic E-state index is -0.397. The molecular weight excluding hydrogens is 374 g/mol. The predicted octanol–water partition coefficient (Wildman–Crippen LogP) is 1.95. The molecule has 0 unspecified atom stereocenters. The van der Waals surface area contributed by atoms with Crippen LogP contribution in [0, 0.1) is 11.8 Å². The average molecular weight is 398 g/mol. The van der Waals surface area contributed by atoms with Gasteiger partial charge in [0.25, 0.3) is 11.8 Å². The van der Waals surface area contributed by atoms with E-state index in [9.17, 15) is 9.59 Å². The number of halogens is 1. The fourth-order valence-corrected chi connectivity index (χ4v) is 3.28. The second-order valence-electron chi connectivity index (χ2n) is 6.48. The van der Waals surface area contributed by atoms with Gasteiger partial charge in [-0.15, -0.1) is 0 Å². The number of carbonyl (C=O) groups is 2. The Morgan fingerprint density at radius 2 is 1.71 bits per heavy atom. The van der Waals surface area contributed by atoms with E-state index in [1.165, 1.54) is 6.42 Å². The minimum Gasteiger partial charge on any atom is -0.484 e. The van der Waals surface area contributed by atoms with Crippen molar-refractivity contribution in [1.29, 1.82) is 0 Å². The van der Waals surface area contributed by atoms with Crippen molar-refractivity contribution >= 4 is 27.7 Å². The summed E-state index contributed by atoms with van der Waals surface area (Å²) in [6, 6.07) is 7.18. The molecule has 7 heteroatoms. The molecule has 2 rings (SSSR count). The number of nitrogens with zero attached hydrogens (tertiary/aromatic N) is 1. The number of piperidine rings is 1. The Kier molecular flexibility index (Phi) is 7.05. The summed E-state index contributed by atoms with van der Waals surface area (Å²) >= 11 is 3.33. The Morgan fingerprint density at radius 3 is 2.33 bits per heavy atom. The van der Waals surface area contributed by atoms with Gasteiger partial charge >= 0.3 is 0 Å². The zero-order valence-corrected chi connectivity index (χ0v) is 15.6. The van der Waals surface area contributed by atoms with Crippen LogP contribution in [0.1, 0.15) is 20.3 Å². The zero-order valence-electron chi connectivity index (χ0n) is 14.0. The fourth-order valence-electron chi connectivity index (χ4n) is 3.02. The summed E-state index contributed by atoms with van der Waals surface area (Å²) in [4.78, 5) is 25.8. The summed E-state index contributed by atoms with van der Waals surface area (Å²) < 4.78 is 6.28. The van der Waals surface area contributed by atoms with Gasteiger partial charge in [-0.05, 0) is 42.5 Å². The molecule has 0 aromatic heterocycles. The van der Waals surface area contributed by atoms with Gasteiger partial charge in [0.2, 0.25) is 0 Å². The topological polar surface area (TPSA) is 70.7 Å². The van der Waals surface area contributed by atoms with E-state index in [0.29, 0.717) is 24.1 Å². The first-order chi connectivity index (χ1) is 11.4. The van der Waals surface area contributed by atoms with Crippen LogP contribution in [0.5, 0.6) is 5.75 Å². The Balaban J connectivity index is 1.65. The van der Waals surface area contributed by atoms with Crippen molar-refractivity contribution < 1.29 is 14.3 Å². The molecule has 1 fully saturated rings. The molecule has 6 nitrogen and oxygen atoms in total. The molecule has 2 amide bonds. The Hall–Kier alpha value is -1.60. The molecule has 1 heterocycles. The van der Waals surface area contributed by atoms with Crippen LogP contribution in [-0.4, -0.2) is 43.0 Å². The summed E-state index contributed by atoms with van der Waals surface area (Å²) in [7, 11) is 0. The highest BCUT2D eigenvalue weighted by Crippen LogP contribution is 2.20. The standard InChI is InChI=1S/C17H24BrN3O3/c1-12-7-13(2)9-21(8-12)10-16(22)19-20-17(23)11-24-15-5-3-14(18)4-6-15/h3-6,12-13H,7-11H2,1-2H3,(H,19,22)(H,20,23)/t12-,13+. The SMILES string of the molecule is C[C@@H]1C[C@H](C)CN(CC(=O)NNC(=O)COc2ccc(Br)cc2)C1. The number of likely N-dealkylation sites (tertiary alicyclic amines) is 1. The third-order valence-corrected chi connectivity index (χ3v) is 4.37. The summed E-state index contributed by atoms with van der Waals surface area (Å²) in [5.74, 6) is 1.17. The van der Waals surface area contributed by atoms with Crippen molar-refractivity contribution in [1.82, 2.24) is 15.8 Å². The van der Waals surface area contributed by atoms with Gasteiger partial charge in [0, 0.05) is 17.6 Å². The summed E-state index contributed by atoms with van der Waals surface area (Å²) in [6.07, 6.45) is 1.20. The molecule has 0 saturated carbocycles. The number of hydrogen-bond donors (Lipinski definition) is 2. The zero-order chi connectivity index (χ0) is 17.5. The van der Waals surface area contributed by atoms with Crippen molar-refractivity contribution in [2.24, 2.45) is 11.8 Å². The molecule has 0 aliphatic carbocycles. The van der Waals surface area contributed by atoms with E-state index in [2.05, 4.69) is 45.5 Å². The molecule has 2 N–H and O–H groups in total. The number of amides is 2. The van der Waals surface area contributed by atoms with Crippen molar-refractivity contribution in [3.8, 4) is 5.75 Å². The third kappa shape index (κ3) is 6.49. The van der Waals surface area contributed by atoms with Crippen molar-refractivity contribution in [3.05, 3.63) is 28.7 Å². The van der Waals surface area contributed by atoms with E-state index in [-0.39, 0.29) is 12.5 Å². The summed E-state index contributed by atoms with van der Waals surface area (Å²) in [6.45, 7) is 6.36. The van der Waals surface area contributed by atoms with E-state index in [1.54, 1.807) is 12.1 Å². The van der Waals surface area contributed by atoms with Gasteiger partial charge in [-0.3, -0.25) is 25.3 Å². The van der Waals surface area contributed by atoms with E-state index in [1.807, 2.05) is 12.1 Å². The first kappa shape index (κ1) is 18.7. The van der Waals surface area contributed by atoms with Crippen molar-refractivity contribution in [3.63, 3.8) is 0 Å². The maximum absolute atomic E-state index is 11.9. The number of carbonyl (C=O) groups excluding carboxylic acids is 2. The number of benzene rings is 1. The Labute approximate surface area is 151 Å². The Bertz CT molecular complexity index is 555. The highest BCUT2D eigenvalue weighted by Gasteiger charge is 2.23. The van der Waals surface area contributed by atoms with Crippen LogP contribution in [-0.2, 0) is 9.59 Å². The van der Waals surface area contributed by atoms with Gasteiger partial charge in [0.1, 0.15) is 5.75 Å². The molecule has 1 aromatic rings. The molecule has 1 saturated heterocycles. The molecule has 1 aliphatic rings. The molecule has 0 spiro atoms. The van der Waals surface area contributed by atoms with Crippen LogP contribution in [0.2, 0.25) is 0 Å². The number of nitrogens with one attached hydrogen (secondary N) is 2. The van der Waals surface area contributed by atoms with Crippen molar-refractivity contribution in [2.75, 3.05) is 26.2 Å². The van der Waals surface area contributed by atoms with Gasteiger partial charge in [0.05, 0.1) is 6.54 Å². The lowest BCUT2D eigenvalue weighted by atomic mass is 9.92. The normalized spacial score (nSPS) is 21.1. The highest BCUT2D eigenvalue weighted by molar-refractivity contribution is 9.10. The predicted molar refractivity (Wildman–Crippen MR) is 95.3 cm³/mol. The maximum Gasteiger partial charge on any atom is 0.276 e. The van der Waals surface area contributed by atoms with E-state index < -0.39 is 5.91 Å². The first-order valence-electron chi connectivity index (χ1n) is 8.10. The third-order valence-electron chi connectivity index (χ3n) is 3.84. The summed E-state index contributed by atoms with van der Waals surface area (Å²) in [5, 5.41) is 0. The quantitative estimate of drug-likeness (QED) is 0.744. The Morgan fingerprint density at radius 1 is 1.12 bits per heavy atom. The first-order valence-corrected chi connectivity index (χ1v) is 8.90. The smallest absolute Gasteiger partial charge is 0.276 e. The van der Waals surface area contributed by atoms with Crippen LogP contribution < -0.4 is 15.6 Å². The van der Waals surface area contributed by atoms with E-state index >= 15 is 0 Å². The molecule has 132 valence electrons. The fraction of sp³-hybridized carbons (Fsp3) is 0.529. The second-order valence-corrected chi connectivity index (χ2v) is 7.39. The molecule has 1 aliphatic heterocycles. The molecule has 24 heavy (non-hydrogen) atoms. The molecule has 1 aromatic carbocycles. The van der Waals surface area contributed by atoms with Crippen LogP contribution in [0.15, 0.2) is 28.7 Å². The van der Waals surface area contributed by atoms with Gasteiger partial charge in [-0.25, -0.2) is 0 Å². The average Bonchev–Trinajstić information content (AvgIpc) is 2.51. The molecule has 0 radical (unpaired) electrons. The minimum absolute atomic E-state index is 0.153. The van der Waals surface area contributed by atoms with E-state index in [0.717, 1.165) is 17.6 Å². The van der Waals surface area contributed by atoms with E-state index in [4.69, 9.17) is 4.74 Å². The van der Waals surface area contributed by atoms with Crippen molar-refractivity contribution in [2.45, 2.75) is 20.3 Å². The maximum atomic E-state index is 11.9. The second kappa shape index (κ2) is 9.03. The monoisotopic (exact) mass is 397 g/mol. The van der Waals surface area contributed by atoms with Gasteiger partial charge in [-0.1, -0.05) is 29.8 Å². The van der Waals surface area contributed by atoms with Gasteiger partial charge in [-0.2, -0.15) is 0 Å². The lowest BCUT2D eigenvalue weighted by molar-refractivity contribution is -0.130. The van der Waals surface area contributed by atoms with Crippen LogP contribution >= 0.6 is 15.9 Å². The molecular formula is C17H24BrN3O3. The number of hydrogen-bond acceptors (Lipinski definition) is 4. The van der Waals surface area contributed by atoms with Gasteiger partial charge in [0.15, 0.2) is 6.61 Å². The summed E-state index contributed by atoms with van der Waals surface area (Å²) in [5.41, 5.74) is 4.81. The highest BCUT2D eigenvalue weighted by atomic mass is 79.9. The lowest BCUT2D eigenvalue weighted by Crippen LogP contribution is -2.50. The number of ether oxygens (including phenoxy) is 1. The lowest BCUT2D eigenvalue weighted by Gasteiger charge is -2.34. The largest absolute Gasteiger partial charge is 0.484 e.